The van der Waals surface area contributed by atoms with Gasteiger partial charge in [-0.25, -0.2) is 4.98 Å². The monoisotopic (exact) mass is 238 g/mol. The number of hydrogen-bond donors (Lipinski definition) is 0. The summed E-state index contributed by atoms with van der Waals surface area (Å²) < 4.78 is 0. The normalized spacial score (nSPS) is 21.5. The van der Waals surface area contributed by atoms with E-state index in [0.29, 0.717) is 5.15 Å². The molecule has 0 amide bonds. The van der Waals surface area contributed by atoms with E-state index in [4.69, 9.17) is 11.6 Å². The smallest absolute Gasteiger partial charge is 0.131 e. The summed E-state index contributed by atoms with van der Waals surface area (Å²) in [5.74, 6) is 2.56. The fraction of sp³-hybridized carbons (Fsp3) is 0.615. The Labute approximate surface area is 103 Å². The number of anilines is 1. The van der Waals surface area contributed by atoms with Crippen LogP contribution in [0.25, 0.3) is 0 Å². The first-order valence-corrected chi connectivity index (χ1v) is 6.42. The summed E-state index contributed by atoms with van der Waals surface area (Å²) in [6.07, 6.45) is 2.60. The maximum Gasteiger partial charge on any atom is 0.131 e. The van der Waals surface area contributed by atoms with Gasteiger partial charge in [-0.05, 0) is 36.8 Å². The lowest BCUT2D eigenvalue weighted by Crippen LogP contribution is -2.37. The Bertz CT molecular complexity index is 352. The molecule has 1 aliphatic rings. The van der Waals surface area contributed by atoms with Crippen molar-refractivity contribution in [2.45, 2.75) is 26.7 Å². The predicted octanol–water partition coefficient (Wildman–Crippen LogP) is 3.61. The van der Waals surface area contributed by atoms with Crippen molar-refractivity contribution in [3.63, 3.8) is 0 Å². The molecule has 1 unspecified atom stereocenters. The van der Waals surface area contributed by atoms with Crippen LogP contribution >= 0.6 is 11.6 Å². The molecule has 0 radical (unpaired) electrons. The second kappa shape index (κ2) is 5.05. The highest BCUT2D eigenvalue weighted by molar-refractivity contribution is 6.29. The molecule has 1 saturated heterocycles. The van der Waals surface area contributed by atoms with E-state index in [1.54, 1.807) is 0 Å². The zero-order valence-electron chi connectivity index (χ0n) is 9.99. The molecule has 3 heteroatoms. The highest BCUT2D eigenvalue weighted by Gasteiger charge is 2.23. The quantitative estimate of drug-likeness (QED) is 0.732. The molecular formula is C13H19ClN2. The van der Waals surface area contributed by atoms with E-state index in [9.17, 15) is 0 Å². The highest BCUT2D eigenvalue weighted by atomic mass is 35.5. The van der Waals surface area contributed by atoms with Crippen LogP contribution in [0.1, 0.15) is 26.7 Å². The third kappa shape index (κ3) is 2.67. The molecule has 1 aliphatic heterocycles. The van der Waals surface area contributed by atoms with E-state index < -0.39 is 0 Å². The standard InChI is InChI=1S/C13H19ClN2/c1-10(2)11-5-4-8-16(9-11)13-7-3-6-12(14)15-13/h3,6-7,10-11H,4-5,8-9H2,1-2H3. The molecule has 0 N–H and O–H groups in total. The lowest BCUT2D eigenvalue weighted by atomic mass is 9.88. The molecule has 88 valence electrons. The highest BCUT2D eigenvalue weighted by Crippen LogP contribution is 2.26. The minimum absolute atomic E-state index is 0.587. The van der Waals surface area contributed by atoms with Crippen molar-refractivity contribution in [1.29, 1.82) is 0 Å². The first kappa shape index (κ1) is 11.7. The number of halogens is 1. The number of pyridine rings is 1. The van der Waals surface area contributed by atoms with Gasteiger partial charge in [-0.3, -0.25) is 0 Å². The van der Waals surface area contributed by atoms with Gasteiger partial charge in [0.1, 0.15) is 11.0 Å². The lowest BCUT2D eigenvalue weighted by molar-refractivity contribution is 0.321. The third-order valence-electron chi connectivity index (χ3n) is 3.43. The fourth-order valence-electron chi connectivity index (χ4n) is 2.34. The van der Waals surface area contributed by atoms with Gasteiger partial charge in [0.05, 0.1) is 0 Å². The van der Waals surface area contributed by atoms with Crippen molar-refractivity contribution >= 4 is 17.4 Å². The van der Waals surface area contributed by atoms with Crippen molar-refractivity contribution in [1.82, 2.24) is 4.98 Å². The molecule has 0 aromatic carbocycles. The molecule has 16 heavy (non-hydrogen) atoms. The number of piperidine rings is 1. The Hall–Kier alpha value is -0.760. The van der Waals surface area contributed by atoms with Crippen LogP contribution in [0.3, 0.4) is 0 Å². The Morgan fingerprint density at radius 1 is 1.44 bits per heavy atom. The number of rotatable bonds is 2. The minimum Gasteiger partial charge on any atom is -0.356 e. The van der Waals surface area contributed by atoms with Crippen molar-refractivity contribution in [2.75, 3.05) is 18.0 Å². The van der Waals surface area contributed by atoms with Crippen molar-refractivity contribution < 1.29 is 0 Å². The summed E-state index contributed by atoms with van der Waals surface area (Å²) in [5, 5.41) is 0.587. The molecule has 0 bridgehead atoms. The average molecular weight is 239 g/mol. The van der Waals surface area contributed by atoms with E-state index in [-0.39, 0.29) is 0 Å². The zero-order valence-corrected chi connectivity index (χ0v) is 10.7. The molecule has 0 spiro atoms. The largest absolute Gasteiger partial charge is 0.356 e. The number of nitrogens with zero attached hydrogens (tertiary/aromatic N) is 2. The minimum atomic E-state index is 0.587. The van der Waals surface area contributed by atoms with Crippen LogP contribution in [0.4, 0.5) is 5.82 Å². The van der Waals surface area contributed by atoms with Crippen molar-refractivity contribution in [3.8, 4) is 0 Å². The second-order valence-electron chi connectivity index (χ2n) is 4.91. The van der Waals surface area contributed by atoms with Crippen LogP contribution < -0.4 is 4.90 Å². The van der Waals surface area contributed by atoms with Crippen molar-refractivity contribution in [2.24, 2.45) is 11.8 Å². The summed E-state index contributed by atoms with van der Waals surface area (Å²) >= 11 is 5.93. The molecule has 2 rings (SSSR count). The van der Waals surface area contributed by atoms with E-state index in [1.165, 1.54) is 12.8 Å². The number of hydrogen-bond acceptors (Lipinski definition) is 2. The average Bonchev–Trinajstić information content (AvgIpc) is 2.29. The maximum absolute atomic E-state index is 5.93. The lowest BCUT2D eigenvalue weighted by Gasteiger charge is -2.35. The molecule has 0 saturated carbocycles. The van der Waals surface area contributed by atoms with Crippen LogP contribution in [0.15, 0.2) is 18.2 Å². The molecule has 1 aromatic rings. The second-order valence-corrected chi connectivity index (χ2v) is 5.30. The Morgan fingerprint density at radius 3 is 2.94 bits per heavy atom. The number of aromatic nitrogens is 1. The van der Waals surface area contributed by atoms with Crippen LogP contribution in [0.2, 0.25) is 5.15 Å². The van der Waals surface area contributed by atoms with Gasteiger partial charge in [0, 0.05) is 13.1 Å². The van der Waals surface area contributed by atoms with Gasteiger partial charge < -0.3 is 4.90 Å². The topological polar surface area (TPSA) is 16.1 Å². The summed E-state index contributed by atoms with van der Waals surface area (Å²) in [5.41, 5.74) is 0. The van der Waals surface area contributed by atoms with E-state index >= 15 is 0 Å². The van der Waals surface area contributed by atoms with Gasteiger partial charge in [0.15, 0.2) is 0 Å². The van der Waals surface area contributed by atoms with Gasteiger partial charge in [-0.15, -0.1) is 0 Å². The van der Waals surface area contributed by atoms with Crippen LogP contribution in [-0.4, -0.2) is 18.1 Å². The van der Waals surface area contributed by atoms with Crippen molar-refractivity contribution in [3.05, 3.63) is 23.4 Å². The molecule has 0 aliphatic carbocycles. The first-order chi connectivity index (χ1) is 7.66. The van der Waals surface area contributed by atoms with Crippen LogP contribution in [-0.2, 0) is 0 Å². The Morgan fingerprint density at radius 2 is 2.25 bits per heavy atom. The summed E-state index contributed by atoms with van der Waals surface area (Å²) in [4.78, 5) is 6.74. The van der Waals surface area contributed by atoms with Gasteiger partial charge >= 0.3 is 0 Å². The molecule has 1 aromatic heterocycles. The van der Waals surface area contributed by atoms with E-state index in [0.717, 1.165) is 30.7 Å². The third-order valence-corrected chi connectivity index (χ3v) is 3.64. The van der Waals surface area contributed by atoms with Crippen LogP contribution in [0, 0.1) is 11.8 Å². The van der Waals surface area contributed by atoms with Gasteiger partial charge in [-0.2, -0.15) is 0 Å². The van der Waals surface area contributed by atoms with Gasteiger partial charge in [0.2, 0.25) is 0 Å². The summed E-state index contributed by atoms with van der Waals surface area (Å²) in [6.45, 7) is 6.83. The first-order valence-electron chi connectivity index (χ1n) is 6.04. The fourth-order valence-corrected chi connectivity index (χ4v) is 2.50. The molecule has 2 heterocycles. The van der Waals surface area contributed by atoms with E-state index in [2.05, 4.69) is 29.8 Å². The van der Waals surface area contributed by atoms with Crippen LogP contribution in [0.5, 0.6) is 0 Å². The molecular weight excluding hydrogens is 220 g/mol. The van der Waals surface area contributed by atoms with Gasteiger partial charge in [0.25, 0.3) is 0 Å². The summed E-state index contributed by atoms with van der Waals surface area (Å²) in [7, 11) is 0. The molecule has 1 fully saturated rings. The Kier molecular flexibility index (Phi) is 3.70. The SMILES string of the molecule is CC(C)C1CCCN(c2cccc(Cl)n2)C1. The zero-order chi connectivity index (χ0) is 11.5. The molecule has 2 nitrogen and oxygen atoms in total. The summed E-state index contributed by atoms with van der Waals surface area (Å²) in [6, 6.07) is 5.85. The van der Waals surface area contributed by atoms with E-state index in [1.807, 2.05) is 12.1 Å². The van der Waals surface area contributed by atoms with Gasteiger partial charge in [-0.1, -0.05) is 31.5 Å². The predicted molar refractivity (Wildman–Crippen MR) is 69.0 cm³/mol. The maximum atomic E-state index is 5.93. The molecule has 1 atom stereocenters. The Balaban J connectivity index is 2.09.